The summed E-state index contributed by atoms with van der Waals surface area (Å²) in [5.41, 5.74) is 2.85. The van der Waals surface area contributed by atoms with Gasteiger partial charge < -0.3 is 5.32 Å². The highest BCUT2D eigenvalue weighted by molar-refractivity contribution is 5.94. The molecule has 162 valence electrons. The van der Waals surface area contributed by atoms with E-state index < -0.39 is 0 Å². The van der Waals surface area contributed by atoms with Crippen LogP contribution in [-0.2, 0) is 0 Å². The number of carbonyl (C=O) groups excluding carboxylic acids is 1. The van der Waals surface area contributed by atoms with E-state index in [-0.39, 0.29) is 17.8 Å². The van der Waals surface area contributed by atoms with Gasteiger partial charge in [0.1, 0.15) is 17.6 Å². The van der Waals surface area contributed by atoms with Crippen LogP contribution in [0.2, 0.25) is 0 Å². The van der Waals surface area contributed by atoms with Gasteiger partial charge in [0.25, 0.3) is 5.91 Å². The second-order valence-electron chi connectivity index (χ2n) is 9.29. The SMILES string of the molecule is CC(NC(=O)c1ccc(C#N)nc1)[C@H]1C[C@H]2CC(c3ccnc4ccc(F)cc34)C[C@H]2C1. The minimum Gasteiger partial charge on any atom is -0.349 e. The van der Waals surface area contributed by atoms with Crippen LogP contribution in [0.4, 0.5) is 4.39 Å². The number of aromatic nitrogens is 2. The van der Waals surface area contributed by atoms with Gasteiger partial charge in [0, 0.05) is 23.8 Å². The Balaban J connectivity index is 1.23. The van der Waals surface area contributed by atoms with Crippen LogP contribution in [0.1, 0.15) is 60.1 Å². The first kappa shape index (κ1) is 20.6. The molecule has 3 aromatic rings. The molecule has 0 spiro atoms. The predicted octanol–water partition coefficient (Wildman–Crippen LogP) is 4.98. The zero-order chi connectivity index (χ0) is 22.2. The van der Waals surface area contributed by atoms with E-state index in [1.807, 2.05) is 12.3 Å². The van der Waals surface area contributed by atoms with Crippen molar-refractivity contribution in [2.24, 2.45) is 17.8 Å². The van der Waals surface area contributed by atoms with Gasteiger partial charge in [0.2, 0.25) is 0 Å². The molecule has 2 heterocycles. The second-order valence-corrected chi connectivity index (χ2v) is 9.29. The fourth-order valence-corrected chi connectivity index (χ4v) is 5.82. The molecule has 2 aliphatic carbocycles. The van der Waals surface area contributed by atoms with Gasteiger partial charge in [-0.05, 0) is 98.2 Å². The lowest BCUT2D eigenvalue weighted by molar-refractivity contribution is 0.0925. The largest absolute Gasteiger partial charge is 0.349 e. The van der Waals surface area contributed by atoms with E-state index in [0.717, 1.165) is 36.6 Å². The number of amides is 1. The summed E-state index contributed by atoms with van der Waals surface area (Å²) in [5, 5.41) is 12.9. The first-order valence-corrected chi connectivity index (χ1v) is 11.2. The van der Waals surface area contributed by atoms with Crippen LogP contribution < -0.4 is 5.32 Å². The van der Waals surface area contributed by atoms with E-state index in [4.69, 9.17) is 5.26 Å². The highest BCUT2D eigenvalue weighted by Gasteiger charge is 2.43. The molecule has 2 unspecified atom stereocenters. The molecule has 0 aliphatic heterocycles. The summed E-state index contributed by atoms with van der Waals surface area (Å²) >= 11 is 0. The van der Waals surface area contributed by atoms with Crippen LogP contribution in [-0.4, -0.2) is 21.9 Å². The summed E-state index contributed by atoms with van der Waals surface area (Å²) in [6.07, 6.45) is 7.71. The van der Waals surface area contributed by atoms with E-state index in [0.29, 0.717) is 34.9 Å². The quantitative estimate of drug-likeness (QED) is 0.636. The van der Waals surface area contributed by atoms with Crippen molar-refractivity contribution in [2.45, 2.75) is 44.6 Å². The van der Waals surface area contributed by atoms with Crippen molar-refractivity contribution in [2.75, 3.05) is 0 Å². The highest BCUT2D eigenvalue weighted by atomic mass is 19.1. The van der Waals surface area contributed by atoms with E-state index >= 15 is 0 Å². The number of benzene rings is 1. The standard InChI is InChI=1S/C26H25FN4O/c1-15(31-26(32)16-2-4-22(13-28)30-14-16)17-8-18-10-20(11-19(18)9-17)23-6-7-29-25-5-3-21(27)12-24(23)25/h2-7,12,14-15,17-20H,8-11H2,1H3,(H,31,32)/t15?,17-,18-,19+,20?. The Morgan fingerprint density at radius 1 is 1.12 bits per heavy atom. The summed E-state index contributed by atoms with van der Waals surface area (Å²) < 4.78 is 13.9. The number of nitriles is 1. The Morgan fingerprint density at radius 3 is 2.59 bits per heavy atom. The zero-order valence-electron chi connectivity index (χ0n) is 18.0. The number of pyridine rings is 2. The minimum absolute atomic E-state index is 0.0815. The van der Waals surface area contributed by atoms with Crippen LogP contribution in [0.3, 0.4) is 0 Å². The topological polar surface area (TPSA) is 78.7 Å². The maximum atomic E-state index is 13.9. The van der Waals surface area contributed by atoms with Gasteiger partial charge in [-0.2, -0.15) is 5.26 Å². The molecule has 0 saturated heterocycles. The number of nitrogens with zero attached hydrogens (tertiary/aromatic N) is 3. The van der Waals surface area contributed by atoms with Gasteiger partial charge in [-0.25, -0.2) is 9.37 Å². The van der Waals surface area contributed by atoms with Crippen LogP contribution in [0.25, 0.3) is 10.9 Å². The number of hydrogen-bond donors (Lipinski definition) is 1. The third-order valence-corrected chi connectivity index (χ3v) is 7.44. The van der Waals surface area contributed by atoms with Gasteiger partial charge in [0.15, 0.2) is 0 Å². The summed E-state index contributed by atoms with van der Waals surface area (Å²) in [5.74, 6) is 1.80. The fraction of sp³-hybridized carbons (Fsp3) is 0.385. The normalized spacial score (nSPS) is 25.3. The van der Waals surface area contributed by atoms with E-state index in [1.54, 1.807) is 24.3 Å². The molecule has 1 aromatic carbocycles. The average molecular weight is 429 g/mol. The summed E-state index contributed by atoms with van der Waals surface area (Å²) in [6.45, 7) is 2.08. The van der Waals surface area contributed by atoms with E-state index in [1.165, 1.54) is 17.8 Å². The maximum Gasteiger partial charge on any atom is 0.253 e. The van der Waals surface area contributed by atoms with Gasteiger partial charge in [-0.3, -0.25) is 9.78 Å². The monoisotopic (exact) mass is 428 g/mol. The lowest BCUT2D eigenvalue weighted by Gasteiger charge is -2.23. The molecule has 2 saturated carbocycles. The maximum absolute atomic E-state index is 13.9. The molecule has 2 aromatic heterocycles. The van der Waals surface area contributed by atoms with Crippen molar-refractivity contribution in [1.82, 2.24) is 15.3 Å². The Bertz CT molecular complexity index is 1190. The van der Waals surface area contributed by atoms with Gasteiger partial charge in [0.05, 0.1) is 11.1 Å². The lowest BCUT2D eigenvalue weighted by atomic mass is 9.88. The molecular formula is C26H25FN4O. The number of carbonyl (C=O) groups is 1. The number of hydrogen-bond acceptors (Lipinski definition) is 4. The molecule has 5 atom stereocenters. The lowest BCUT2D eigenvalue weighted by Crippen LogP contribution is -2.37. The first-order chi connectivity index (χ1) is 15.5. The van der Waals surface area contributed by atoms with Crippen molar-refractivity contribution in [1.29, 1.82) is 5.26 Å². The van der Waals surface area contributed by atoms with E-state index in [2.05, 4.69) is 28.3 Å². The van der Waals surface area contributed by atoms with Gasteiger partial charge in [-0.15, -0.1) is 0 Å². The number of nitrogens with one attached hydrogen (secondary N) is 1. The Morgan fingerprint density at radius 2 is 1.91 bits per heavy atom. The first-order valence-electron chi connectivity index (χ1n) is 11.2. The van der Waals surface area contributed by atoms with Crippen LogP contribution in [0.15, 0.2) is 48.8 Å². The molecule has 2 fully saturated rings. The highest BCUT2D eigenvalue weighted by Crippen LogP contribution is 2.53. The Labute approximate surface area is 186 Å². The molecule has 0 radical (unpaired) electrons. The molecule has 0 bridgehead atoms. The molecule has 1 N–H and O–H groups in total. The Kier molecular flexibility index (Phi) is 5.34. The molecule has 1 amide bonds. The number of rotatable bonds is 4. The smallest absolute Gasteiger partial charge is 0.253 e. The summed E-state index contributed by atoms with van der Waals surface area (Å²) in [4.78, 5) is 21.0. The van der Waals surface area contributed by atoms with Crippen LogP contribution in [0, 0.1) is 34.9 Å². The molecule has 5 rings (SSSR count). The average Bonchev–Trinajstić information content (AvgIpc) is 3.38. The zero-order valence-corrected chi connectivity index (χ0v) is 18.0. The third-order valence-electron chi connectivity index (χ3n) is 7.44. The predicted molar refractivity (Wildman–Crippen MR) is 119 cm³/mol. The Hall–Kier alpha value is -3.33. The summed E-state index contributed by atoms with van der Waals surface area (Å²) in [6, 6.07) is 12.1. The van der Waals surface area contributed by atoms with Crippen molar-refractivity contribution < 1.29 is 9.18 Å². The number of halogens is 1. The fourth-order valence-electron chi connectivity index (χ4n) is 5.82. The third kappa shape index (κ3) is 3.84. The van der Waals surface area contributed by atoms with Crippen molar-refractivity contribution in [3.05, 3.63) is 71.4 Å². The molecule has 6 heteroatoms. The molecular weight excluding hydrogens is 403 g/mol. The van der Waals surface area contributed by atoms with E-state index in [9.17, 15) is 9.18 Å². The summed E-state index contributed by atoms with van der Waals surface area (Å²) in [7, 11) is 0. The minimum atomic E-state index is -0.216. The van der Waals surface area contributed by atoms with Crippen molar-refractivity contribution in [3.63, 3.8) is 0 Å². The molecule has 32 heavy (non-hydrogen) atoms. The van der Waals surface area contributed by atoms with Crippen molar-refractivity contribution >= 4 is 16.8 Å². The number of fused-ring (bicyclic) bond motifs is 2. The molecule has 5 nitrogen and oxygen atoms in total. The second kappa shape index (κ2) is 8.31. The van der Waals surface area contributed by atoms with Crippen LogP contribution in [0.5, 0.6) is 0 Å². The van der Waals surface area contributed by atoms with Gasteiger partial charge >= 0.3 is 0 Å². The van der Waals surface area contributed by atoms with Crippen molar-refractivity contribution in [3.8, 4) is 6.07 Å². The van der Waals surface area contributed by atoms with Gasteiger partial charge in [-0.1, -0.05) is 0 Å². The molecule has 2 aliphatic rings. The van der Waals surface area contributed by atoms with Crippen LogP contribution >= 0.6 is 0 Å².